The summed E-state index contributed by atoms with van der Waals surface area (Å²) in [5.74, 6) is 0.947. The molecule has 168 valence electrons. The van der Waals surface area contributed by atoms with Gasteiger partial charge in [-0.2, -0.15) is 0 Å². The predicted octanol–water partition coefficient (Wildman–Crippen LogP) is 4.02. The first kappa shape index (κ1) is 24.3. The van der Waals surface area contributed by atoms with Crippen LogP contribution in [0.3, 0.4) is 0 Å². The molecular weight excluding hydrogens is 392 g/mol. The van der Waals surface area contributed by atoms with E-state index in [0.29, 0.717) is 12.3 Å². The molecule has 0 radical (unpaired) electrons. The molecule has 0 saturated heterocycles. The molecule has 0 bridgehead atoms. The fourth-order valence-electron chi connectivity index (χ4n) is 3.01. The van der Waals surface area contributed by atoms with Gasteiger partial charge >= 0.3 is 0 Å². The average Bonchev–Trinajstić information content (AvgIpc) is 2.77. The van der Waals surface area contributed by atoms with E-state index in [0.717, 1.165) is 28.9 Å². The van der Waals surface area contributed by atoms with Crippen LogP contribution in [-0.4, -0.2) is 42.5 Å². The molecule has 0 aromatic heterocycles. The summed E-state index contributed by atoms with van der Waals surface area (Å²) in [6, 6.07) is 12.6. The monoisotopic (exact) mass is 426 g/mol. The molecule has 0 aliphatic carbocycles. The van der Waals surface area contributed by atoms with E-state index >= 15 is 0 Å². The number of ether oxygens (including phenoxy) is 2. The molecule has 2 aromatic carbocycles. The average molecular weight is 427 g/mol. The molecule has 2 rings (SSSR count). The van der Waals surface area contributed by atoms with Crippen molar-refractivity contribution in [2.75, 3.05) is 13.7 Å². The molecule has 2 amide bonds. The van der Waals surface area contributed by atoms with Gasteiger partial charge in [0.15, 0.2) is 6.61 Å². The molecule has 0 aliphatic heterocycles. The first-order valence-electron chi connectivity index (χ1n) is 10.7. The number of rotatable bonds is 10. The van der Waals surface area contributed by atoms with Gasteiger partial charge < -0.3 is 19.7 Å². The highest BCUT2D eigenvalue weighted by atomic mass is 16.5. The van der Waals surface area contributed by atoms with Gasteiger partial charge in [0.2, 0.25) is 5.91 Å². The molecular formula is C25H34N2O4. The molecule has 6 nitrogen and oxygen atoms in total. The van der Waals surface area contributed by atoms with Gasteiger partial charge in [-0.05, 0) is 75.1 Å². The molecule has 0 unspecified atom stereocenters. The third-order valence-electron chi connectivity index (χ3n) is 5.52. The van der Waals surface area contributed by atoms with Crippen LogP contribution in [0.1, 0.15) is 43.9 Å². The van der Waals surface area contributed by atoms with E-state index in [9.17, 15) is 9.59 Å². The lowest BCUT2D eigenvalue weighted by Crippen LogP contribution is -2.50. The maximum absolute atomic E-state index is 13.1. The summed E-state index contributed by atoms with van der Waals surface area (Å²) in [5.41, 5.74) is 3.17. The highest BCUT2D eigenvalue weighted by Crippen LogP contribution is 2.18. The minimum absolute atomic E-state index is 0.0414. The summed E-state index contributed by atoms with van der Waals surface area (Å²) in [7, 11) is 1.61. The highest BCUT2D eigenvalue weighted by Gasteiger charge is 2.27. The van der Waals surface area contributed by atoms with Gasteiger partial charge in [-0.1, -0.05) is 25.1 Å². The predicted molar refractivity (Wildman–Crippen MR) is 122 cm³/mol. The molecule has 0 fully saturated rings. The van der Waals surface area contributed by atoms with Crippen molar-refractivity contribution >= 4 is 11.8 Å². The molecule has 0 aliphatic rings. The summed E-state index contributed by atoms with van der Waals surface area (Å²) in [6.07, 6.45) is 0.820. The molecule has 0 saturated carbocycles. The van der Waals surface area contributed by atoms with Crippen molar-refractivity contribution < 1.29 is 19.1 Å². The van der Waals surface area contributed by atoms with Gasteiger partial charge in [-0.3, -0.25) is 9.59 Å². The van der Waals surface area contributed by atoms with Crippen molar-refractivity contribution in [2.45, 2.75) is 59.7 Å². The Balaban J connectivity index is 2.16. The van der Waals surface area contributed by atoms with Gasteiger partial charge in [-0.15, -0.1) is 0 Å². The van der Waals surface area contributed by atoms with Crippen LogP contribution in [0.4, 0.5) is 0 Å². The van der Waals surface area contributed by atoms with E-state index in [1.54, 1.807) is 18.9 Å². The molecule has 0 spiro atoms. The topological polar surface area (TPSA) is 67.9 Å². The lowest BCUT2D eigenvalue weighted by Gasteiger charge is -2.29. The van der Waals surface area contributed by atoms with Crippen LogP contribution >= 0.6 is 0 Å². The number of nitrogens with zero attached hydrogens (tertiary/aromatic N) is 1. The minimum atomic E-state index is -0.632. The number of amides is 2. The fraction of sp³-hybridized carbons (Fsp3) is 0.440. The normalized spacial score (nSPS) is 12.6. The van der Waals surface area contributed by atoms with Crippen molar-refractivity contribution in [1.29, 1.82) is 0 Å². The van der Waals surface area contributed by atoms with E-state index < -0.39 is 6.04 Å². The summed E-state index contributed by atoms with van der Waals surface area (Å²) in [4.78, 5) is 27.4. The van der Waals surface area contributed by atoms with Crippen LogP contribution in [0.25, 0.3) is 0 Å². The maximum atomic E-state index is 13.1. The van der Waals surface area contributed by atoms with E-state index in [1.807, 2.05) is 70.2 Å². The van der Waals surface area contributed by atoms with Crippen LogP contribution in [0.15, 0.2) is 42.5 Å². The number of nitrogens with one attached hydrogen (secondary N) is 1. The first-order chi connectivity index (χ1) is 14.7. The Hall–Kier alpha value is -3.02. The smallest absolute Gasteiger partial charge is 0.261 e. The van der Waals surface area contributed by atoms with Gasteiger partial charge in [0.25, 0.3) is 5.91 Å². The third kappa shape index (κ3) is 7.02. The summed E-state index contributed by atoms with van der Waals surface area (Å²) in [6.45, 7) is 9.89. The quantitative estimate of drug-likeness (QED) is 0.623. The number of carbonyl (C=O) groups is 2. The van der Waals surface area contributed by atoms with Crippen LogP contribution in [0.5, 0.6) is 11.5 Å². The van der Waals surface area contributed by atoms with Gasteiger partial charge in [0, 0.05) is 12.6 Å². The van der Waals surface area contributed by atoms with Crippen LogP contribution in [0.2, 0.25) is 0 Å². The van der Waals surface area contributed by atoms with E-state index in [4.69, 9.17) is 9.47 Å². The Kier molecular flexibility index (Phi) is 8.91. The molecule has 6 heteroatoms. The second kappa shape index (κ2) is 11.4. The van der Waals surface area contributed by atoms with Crippen LogP contribution in [0, 0.1) is 13.8 Å². The Morgan fingerprint density at radius 3 is 2.23 bits per heavy atom. The number of hydrogen-bond acceptors (Lipinski definition) is 4. The number of methoxy groups -OCH3 is 1. The SMILES string of the molecule is CC[C@@H](C)NC(=O)[C@@H](C)N(Cc1ccc(OC)cc1)C(=O)COc1ccc(C)c(C)c1. The largest absolute Gasteiger partial charge is 0.497 e. The standard InChI is InChI=1S/C25H34N2O4/c1-7-19(4)26-25(29)20(5)27(15-21-9-12-22(30-6)13-10-21)24(28)16-31-23-11-8-17(2)18(3)14-23/h8-14,19-20H,7,15-16H2,1-6H3,(H,26,29)/t19-,20-/m1/s1. The minimum Gasteiger partial charge on any atom is -0.497 e. The number of carbonyl (C=O) groups excluding carboxylic acids is 2. The number of hydrogen-bond donors (Lipinski definition) is 1. The van der Waals surface area contributed by atoms with Crippen molar-refractivity contribution in [1.82, 2.24) is 10.2 Å². The number of aryl methyl sites for hydroxylation is 2. The summed E-state index contributed by atoms with van der Waals surface area (Å²) < 4.78 is 11.0. The Bertz CT molecular complexity index is 880. The van der Waals surface area contributed by atoms with Gasteiger partial charge in [0.05, 0.1) is 7.11 Å². The second-order valence-electron chi connectivity index (χ2n) is 7.90. The summed E-state index contributed by atoms with van der Waals surface area (Å²) in [5, 5.41) is 2.96. The maximum Gasteiger partial charge on any atom is 0.261 e. The summed E-state index contributed by atoms with van der Waals surface area (Å²) >= 11 is 0. The van der Waals surface area contributed by atoms with E-state index in [-0.39, 0.29) is 24.5 Å². The van der Waals surface area contributed by atoms with Crippen LogP contribution in [-0.2, 0) is 16.1 Å². The van der Waals surface area contributed by atoms with Crippen LogP contribution < -0.4 is 14.8 Å². The van der Waals surface area contributed by atoms with Crippen molar-refractivity contribution in [3.63, 3.8) is 0 Å². The van der Waals surface area contributed by atoms with Gasteiger partial charge in [-0.25, -0.2) is 0 Å². The molecule has 1 N–H and O–H groups in total. The Labute approximate surface area is 185 Å². The fourth-order valence-corrected chi connectivity index (χ4v) is 3.01. The Morgan fingerprint density at radius 2 is 1.65 bits per heavy atom. The molecule has 2 atom stereocenters. The number of benzene rings is 2. The third-order valence-corrected chi connectivity index (χ3v) is 5.52. The lowest BCUT2D eigenvalue weighted by atomic mass is 10.1. The van der Waals surface area contributed by atoms with Crippen molar-refractivity contribution in [3.8, 4) is 11.5 Å². The molecule has 31 heavy (non-hydrogen) atoms. The zero-order chi connectivity index (χ0) is 23.0. The zero-order valence-electron chi connectivity index (χ0n) is 19.4. The first-order valence-corrected chi connectivity index (χ1v) is 10.7. The highest BCUT2D eigenvalue weighted by molar-refractivity contribution is 5.88. The van der Waals surface area contributed by atoms with Crippen molar-refractivity contribution in [3.05, 3.63) is 59.2 Å². The van der Waals surface area contributed by atoms with E-state index in [2.05, 4.69) is 5.32 Å². The van der Waals surface area contributed by atoms with Crippen molar-refractivity contribution in [2.24, 2.45) is 0 Å². The Morgan fingerprint density at radius 1 is 1.00 bits per heavy atom. The zero-order valence-corrected chi connectivity index (χ0v) is 19.4. The second-order valence-corrected chi connectivity index (χ2v) is 7.90. The van der Waals surface area contributed by atoms with E-state index in [1.165, 1.54) is 0 Å². The molecule has 2 aromatic rings. The van der Waals surface area contributed by atoms with Gasteiger partial charge in [0.1, 0.15) is 17.5 Å². The molecule has 0 heterocycles. The lowest BCUT2D eigenvalue weighted by molar-refractivity contribution is -0.142.